The van der Waals surface area contributed by atoms with E-state index in [4.69, 9.17) is 23.7 Å². The van der Waals surface area contributed by atoms with E-state index < -0.39 is 17.7 Å². The van der Waals surface area contributed by atoms with Gasteiger partial charge < -0.3 is 23.7 Å². The fourth-order valence-electron chi connectivity index (χ4n) is 5.50. The van der Waals surface area contributed by atoms with E-state index in [1.807, 2.05) is 36.4 Å². The Morgan fingerprint density at radius 1 is 0.939 bits per heavy atom. The second kappa shape index (κ2) is 10.1. The maximum absolute atomic E-state index is 12.7. The zero-order valence-electron chi connectivity index (χ0n) is 19.3. The second-order valence-electron chi connectivity index (χ2n) is 9.51. The van der Waals surface area contributed by atoms with E-state index in [1.165, 1.54) is 31.7 Å². The van der Waals surface area contributed by atoms with Crippen molar-refractivity contribution in [2.45, 2.75) is 99.0 Å². The van der Waals surface area contributed by atoms with Crippen LogP contribution in [0.15, 0.2) is 46.2 Å². The van der Waals surface area contributed by atoms with Crippen molar-refractivity contribution >= 4 is 17.7 Å². The van der Waals surface area contributed by atoms with Crippen molar-refractivity contribution in [2.75, 3.05) is 13.7 Å². The summed E-state index contributed by atoms with van der Waals surface area (Å²) in [6.45, 7) is 0.494. The normalized spacial score (nSPS) is 31.2. The molecule has 0 aromatic heterocycles. The number of carbonyl (C=O) groups excluding carboxylic acids is 1. The molecule has 0 bridgehead atoms. The van der Waals surface area contributed by atoms with Crippen molar-refractivity contribution in [1.29, 1.82) is 0 Å². The van der Waals surface area contributed by atoms with Crippen LogP contribution in [-0.4, -0.2) is 49.6 Å². The molecule has 7 heteroatoms. The molecule has 0 radical (unpaired) electrons. The predicted molar refractivity (Wildman–Crippen MR) is 125 cm³/mol. The molecule has 1 aromatic rings. The Morgan fingerprint density at radius 3 is 2.27 bits per heavy atom. The third-order valence-electron chi connectivity index (χ3n) is 7.17. The van der Waals surface area contributed by atoms with E-state index >= 15 is 0 Å². The first-order valence-corrected chi connectivity index (χ1v) is 13.1. The highest BCUT2D eigenvalue weighted by Crippen LogP contribution is 2.46. The van der Waals surface area contributed by atoms with Gasteiger partial charge in [-0.2, -0.15) is 0 Å². The molecule has 180 valence electrons. The smallest absolute Gasteiger partial charge is 0.344 e. The summed E-state index contributed by atoms with van der Waals surface area (Å²) < 4.78 is 31.1. The molecule has 0 N–H and O–H groups in total. The van der Waals surface area contributed by atoms with Gasteiger partial charge in [0.05, 0.1) is 18.6 Å². The lowest BCUT2D eigenvalue weighted by molar-refractivity contribution is -0.216. The van der Waals surface area contributed by atoms with Gasteiger partial charge in [-0.15, -0.1) is 0 Å². The number of methoxy groups -OCH3 is 1. The first-order valence-electron chi connectivity index (χ1n) is 12.3. The first kappa shape index (κ1) is 23.4. The third kappa shape index (κ3) is 5.17. The molecule has 4 fully saturated rings. The van der Waals surface area contributed by atoms with Gasteiger partial charge in [-0.1, -0.05) is 42.8 Å². The minimum Gasteiger partial charge on any atom is -0.465 e. The van der Waals surface area contributed by atoms with Crippen LogP contribution in [-0.2, 0) is 28.5 Å². The van der Waals surface area contributed by atoms with Crippen molar-refractivity contribution in [3.05, 3.63) is 41.3 Å². The molecular formula is C26H34O6S. The van der Waals surface area contributed by atoms with Crippen LogP contribution in [0, 0.1) is 0 Å². The van der Waals surface area contributed by atoms with Crippen molar-refractivity contribution in [3.63, 3.8) is 0 Å². The average Bonchev–Trinajstić information content (AvgIpc) is 3.41. The number of esters is 1. The summed E-state index contributed by atoms with van der Waals surface area (Å²) >= 11 is 1.39. The lowest BCUT2D eigenvalue weighted by Crippen LogP contribution is -2.40. The molecule has 2 saturated heterocycles. The quantitative estimate of drug-likeness (QED) is 0.324. The zero-order valence-corrected chi connectivity index (χ0v) is 20.1. The molecule has 2 saturated carbocycles. The molecule has 0 unspecified atom stereocenters. The molecule has 4 aliphatic rings. The molecular weight excluding hydrogens is 440 g/mol. The highest BCUT2D eigenvalue weighted by atomic mass is 32.2. The minimum absolute atomic E-state index is 0.216. The van der Waals surface area contributed by atoms with Crippen molar-refractivity contribution in [1.82, 2.24) is 0 Å². The van der Waals surface area contributed by atoms with Gasteiger partial charge in [0, 0.05) is 30.6 Å². The van der Waals surface area contributed by atoms with E-state index in [0.717, 1.165) is 56.3 Å². The summed E-state index contributed by atoms with van der Waals surface area (Å²) in [6.07, 6.45) is 11.4. The lowest BCUT2D eigenvalue weighted by Gasteiger charge is -2.33. The van der Waals surface area contributed by atoms with Gasteiger partial charge >= 0.3 is 5.97 Å². The van der Waals surface area contributed by atoms with Crippen LogP contribution in [0.25, 0.3) is 0 Å². The van der Waals surface area contributed by atoms with E-state index in [0.29, 0.717) is 11.5 Å². The third-order valence-corrected chi connectivity index (χ3v) is 8.20. The van der Waals surface area contributed by atoms with Crippen LogP contribution in [0.2, 0.25) is 0 Å². The molecule has 5 rings (SSSR count). The molecule has 0 amide bonds. The van der Waals surface area contributed by atoms with Crippen LogP contribution in [0.5, 0.6) is 0 Å². The molecule has 2 spiro atoms. The molecule has 2 heterocycles. The number of thioether (sulfide) groups is 1. The molecule has 2 aliphatic carbocycles. The van der Waals surface area contributed by atoms with Gasteiger partial charge in [0.25, 0.3) is 0 Å². The van der Waals surface area contributed by atoms with Crippen LogP contribution in [0.3, 0.4) is 0 Å². The van der Waals surface area contributed by atoms with Gasteiger partial charge in [-0.25, -0.2) is 4.79 Å². The van der Waals surface area contributed by atoms with Crippen LogP contribution in [0.1, 0.15) is 64.2 Å². The summed E-state index contributed by atoms with van der Waals surface area (Å²) in [5.74, 6) is -1.45. The number of hydrogen-bond acceptors (Lipinski definition) is 7. The maximum Gasteiger partial charge on any atom is 0.344 e. The number of rotatable bonds is 5. The number of benzene rings is 1. The molecule has 2 aliphatic heterocycles. The van der Waals surface area contributed by atoms with E-state index in [2.05, 4.69) is 0 Å². The fourth-order valence-corrected chi connectivity index (χ4v) is 6.42. The largest absolute Gasteiger partial charge is 0.465 e. The summed E-state index contributed by atoms with van der Waals surface area (Å²) in [7, 11) is 1.41. The number of carbonyl (C=O) groups is 1. The zero-order chi connectivity index (χ0) is 22.7. The molecule has 1 aromatic carbocycles. The Hall–Kier alpha value is -1.38. The Labute approximate surface area is 200 Å². The number of hydrogen-bond donors (Lipinski definition) is 0. The second-order valence-corrected chi connectivity index (χ2v) is 10.6. The van der Waals surface area contributed by atoms with Crippen LogP contribution in [0.4, 0.5) is 0 Å². The SMILES string of the molecule is COC(=O)/C(=C\[C@H]1OC2(CCCCC2)O[C@@H]1[C@H]1COC2(CCCCC2)O1)Sc1ccccc1. The minimum atomic E-state index is -0.603. The van der Waals surface area contributed by atoms with Crippen molar-refractivity contribution in [3.8, 4) is 0 Å². The van der Waals surface area contributed by atoms with Gasteiger partial charge in [-0.3, -0.25) is 0 Å². The summed E-state index contributed by atoms with van der Waals surface area (Å²) in [5.41, 5.74) is 0. The Kier molecular flexibility index (Phi) is 7.14. The van der Waals surface area contributed by atoms with Crippen molar-refractivity contribution in [2.24, 2.45) is 0 Å². The molecule has 6 nitrogen and oxygen atoms in total. The highest BCUT2D eigenvalue weighted by molar-refractivity contribution is 8.04. The Morgan fingerprint density at radius 2 is 1.61 bits per heavy atom. The first-order chi connectivity index (χ1) is 16.1. The fraction of sp³-hybridized carbons (Fsp3) is 0.654. The van der Waals surface area contributed by atoms with Gasteiger partial charge in [0.2, 0.25) is 0 Å². The van der Waals surface area contributed by atoms with Gasteiger partial charge in [0.15, 0.2) is 11.6 Å². The summed E-state index contributed by atoms with van der Waals surface area (Å²) in [6, 6.07) is 9.84. The average molecular weight is 475 g/mol. The van der Waals surface area contributed by atoms with Crippen LogP contribution < -0.4 is 0 Å². The monoisotopic (exact) mass is 474 g/mol. The number of ether oxygens (including phenoxy) is 5. The van der Waals surface area contributed by atoms with E-state index in [9.17, 15) is 4.79 Å². The summed E-state index contributed by atoms with van der Waals surface area (Å²) in [4.78, 5) is 14.2. The van der Waals surface area contributed by atoms with Gasteiger partial charge in [0.1, 0.15) is 18.3 Å². The van der Waals surface area contributed by atoms with E-state index in [1.54, 1.807) is 0 Å². The molecule has 33 heavy (non-hydrogen) atoms. The highest BCUT2D eigenvalue weighted by Gasteiger charge is 2.54. The topological polar surface area (TPSA) is 63.2 Å². The summed E-state index contributed by atoms with van der Waals surface area (Å²) in [5, 5.41) is 0. The maximum atomic E-state index is 12.7. The Balaban J connectivity index is 1.41. The van der Waals surface area contributed by atoms with Gasteiger partial charge in [-0.05, 0) is 43.9 Å². The van der Waals surface area contributed by atoms with Crippen molar-refractivity contribution < 1.29 is 28.5 Å². The predicted octanol–water partition coefficient (Wildman–Crippen LogP) is 5.36. The Bertz CT molecular complexity index is 844. The van der Waals surface area contributed by atoms with E-state index in [-0.39, 0.29) is 18.2 Å². The lowest BCUT2D eigenvalue weighted by atomic mass is 9.94. The van der Waals surface area contributed by atoms with Crippen LogP contribution >= 0.6 is 11.8 Å². The standard InChI is InChI=1S/C26H34O6S/c1-28-24(27)22(33-19-11-5-2-6-12-19)17-20-23(32-26(30-20)15-9-4-10-16-26)21-18-29-25(31-21)13-7-3-8-14-25/h2,5-6,11-12,17,20-21,23H,3-4,7-10,13-16,18H2,1H3/b22-17+/t20-,21-,23+/m1/s1. The molecule has 3 atom stereocenters.